The lowest BCUT2D eigenvalue weighted by Gasteiger charge is -1.95. The zero-order valence-corrected chi connectivity index (χ0v) is 7.97. The van der Waals surface area contributed by atoms with Crippen LogP contribution in [0.4, 0.5) is 0 Å². The topological polar surface area (TPSA) is 46.4 Å². The quantitative estimate of drug-likeness (QED) is 0.778. The highest BCUT2D eigenvalue weighted by molar-refractivity contribution is 7.15. The second-order valence-corrected chi connectivity index (χ2v) is 3.61. The molecule has 0 saturated carbocycles. The van der Waals surface area contributed by atoms with Gasteiger partial charge in [0.25, 0.3) is 0 Å². The number of imidazole rings is 1. The van der Waals surface area contributed by atoms with Crippen LogP contribution >= 0.6 is 11.3 Å². The van der Waals surface area contributed by atoms with E-state index in [0.717, 1.165) is 10.7 Å². The van der Waals surface area contributed by atoms with Crippen LogP contribution < -0.4 is 5.32 Å². The normalized spacial score (nSPS) is 10.5. The minimum atomic E-state index is -0.0312. The molecule has 0 aromatic carbocycles. The molecule has 0 radical (unpaired) electrons. The van der Waals surface area contributed by atoms with E-state index in [2.05, 4.69) is 10.3 Å². The lowest BCUT2D eigenvalue weighted by atomic mass is 10.4. The van der Waals surface area contributed by atoms with Crippen molar-refractivity contribution in [3.05, 3.63) is 23.5 Å². The average Bonchev–Trinajstić information content (AvgIpc) is 2.58. The molecule has 1 N–H and O–H groups in total. The molecular formula is C8H9N3OS. The third kappa shape index (κ3) is 1.70. The van der Waals surface area contributed by atoms with Gasteiger partial charge in [-0.2, -0.15) is 0 Å². The Labute approximate surface area is 79.2 Å². The van der Waals surface area contributed by atoms with Gasteiger partial charge >= 0.3 is 0 Å². The van der Waals surface area contributed by atoms with E-state index in [4.69, 9.17) is 0 Å². The summed E-state index contributed by atoms with van der Waals surface area (Å²) in [4.78, 5) is 15.9. The molecule has 68 valence electrons. The largest absolute Gasteiger partial charge is 0.351 e. The summed E-state index contributed by atoms with van der Waals surface area (Å²) in [5.74, 6) is -0.0312. The number of aromatic nitrogens is 2. The first-order valence-electron chi connectivity index (χ1n) is 3.91. The fourth-order valence-electron chi connectivity index (χ4n) is 1.08. The molecule has 0 unspecified atom stereocenters. The fourth-order valence-corrected chi connectivity index (χ4v) is 1.80. The van der Waals surface area contributed by atoms with Gasteiger partial charge in [0.1, 0.15) is 0 Å². The third-order valence-electron chi connectivity index (χ3n) is 1.66. The van der Waals surface area contributed by atoms with Crippen molar-refractivity contribution in [2.24, 2.45) is 0 Å². The predicted octanol–water partition coefficient (Wildman–Crippen LogP) is 1.03. The van der Waals surface area contributed by atoms with Crippen LogP contribution in [-0.4, -0.2) is 15.3 Å². The van der Waals surface area contributed by atoms with E-state index >= 15 is 0 Å². The van der Waals surface area contributed by atoms with E-state index in [0.29, 0.717) is 6.54 Å². The first-order chi connectivity index (χ1) is 6.25. The van der Waals surface area contributed by atoms with Crippen molar-refractivity contribution in [2.75, 3.05) is 0 Å². The van der Waals surface area contributed by atoms with Crippen molar-refractivity contribution < 1.29 is 4.79 Å². The summed E-state index contributed by atoms with van der Waals surface area (Å²) in [5, 5.41) is 4.68. The van der Waals surface area contributed by atoms with E-state index in [1.54, 1.807) is 11.3 Å². The van der Waals surface area contributed by atoms with E-state index in [1.807, 2.05) is 22.2 Å². The number of nitrogens with zero attached hydrogens (tertiary/aromatic N) is 2. The van der Waals surface area contributed by atoms with Gasteiger partial charge in [-0.15, -0.1) is 11.3 Å². The summed E-state index contributed by atoms with van der Waals surface area (Å²) < 4.78 is 1.95. The number of hydrogen-bond acceptors (Lipinski definition) is 3. The highest BCUT2D eigenvalue weighted by atomic mass is 32.1. The van der Waals surface area contributed by atoms with E-state index in [9.17, 15) is 4.79 Å². The highest BCUT2D eigenvalue weighted by Crippen LogP contribution is 2.10. The third-order valence-corrected chi connectivity index (χ3v) is 2.43. The number of amides is 1. The van der Waals surface area contributed by atoms with E-state index < -0.39 is 0 Å². The Morgan fingerprint density at radius 1 is 1.77 bits per heavy atom. The van der Waals surface area contributed by atoms with Gasteiger partial charge < -0.3 is 5.32 Å². The molecule has 13 heavy (non-hydrogen) atoms. The minimum Gasteiger partial charge on any atom is -0.351 e. The summed E-state index contributed by atoms with van der Waals surface area (Å²) in [6.45, 7) is 2.00. The van der Waals surface area contributed by atoms with Gasteiger partial charge in [0.05, 0.1) is 12.2 Å². The number of hydrogen-bond donors (Lipinski definition) is 1. The Balaban J connectivity index is 2.15. The SMILES string of the molecule is CC(=O)NCc1cn2ccsc2n1. The van der Waals surface area contributed by atoms with Crippen molar-refractivity contribution >= 4 is 22.2 Å². The summed E-state index contributed by atoms with van der Waals surface area (Å²) in [5.41, 5.74) is 0.891. The van der Waals surface area contributed by atoms with Crippen LogP contribution in [0.2, 0.25) is 0 Å². The molecule has 2 aromatic rings. The second-order valence-electron chi connectivity index (χ2n) is 2.73. The summed E-state index contributed by atoms with van der Waals surface area (Å²) in [7, 11) is 0. The molecular weight excluding hydrogens is 186 g/mol. The fraction of sp³-hybridized carbons (Fsp3) is 0.250. The molecule has 0 spiro atoms. The zero-order chi connectivity index (χ0) is 9.26. The molecule has 0 aliphatic carbocycles. The van der Waals surface area contributed by atoms with Crippen LogP contribution in [0.25, 0.3) is 4.96 Å². The van der Waals surface area contributed by atoms with Crippen LogP contribution in [0.1, 0.15) is 12.6 Å². The molecule has 0 aliphatic heterocycles. The van der Waals surface area contributed by atoms with Gasteiger partial charge in [-0.1, -0.05) is 0 Å². The Bertz CT molecular complexity index is 403. The van der Waals surface area contributed by atoms with Gasteiger partial charge in [0.2, 0.25) is 5.91 Å². The molecule has 0 bridgehead atoms. The molecule has 0 aliphatic rings. The zero-order valence-electron chi connectivity index (χ0n) is 7.15. The van der Waals surface area contributed by atoms with Gasteiger partial charge in [0.15, 0.2) is 4.96 Å². The summed E-state index contributed by atoms with van der Waals surface area (Å²) >= 11 is 1.58. The maximum Gasteiger partial charge on any atom is 0.217 e. The Morgan fingerprint density at radius 2 is 2.62 bits per heavy atom. The van der Waals surface area contributed by atoms with Crippen molar-refractivity contribution in [1.82, 2.24) is 14.7 Å². The molecule has 2 rings (SSSR count). The Hall–Kier alpha value is -1.36. The lowest BCUT2D eigenvalue weighted by molar-refractivity contribution is -0.119. The smallest absolute Gasteiger partial charge is 0.217 e. The summed E-state index contributed by atoms with van der Waals surface area (Å²) in [6, 6.07) is 0. The maximum atomic E-state index is 10.6. The Kier molecular flexibility index (Phi) is 2.02. The second kappa shape index (κ2) is 3.18. The predicted molar refractivity (Wildman–Crippen MR) is 50.6 cm³/mol. The molecule has 1 amide bonds. The van der Waals surface area contributed by atoms with Gasteiger partial charge in [-0.3, -0.25) is 9.20 Å². The molecule has 2 aromatic heterocycles. The van der Waals surface area contributed by atoms with Gasteiger partial charge in [-0.25, -0.2) is 4.98 Å². The highest BCUT2D eigenvalue weighted by Gasteiger charge is 2.01. The van der Waals surface area contributed by atoms with Gasteiger partial charge in [0, 0.05) is 24.7 Å². The minimum absolute atomic E-state index is 0.0312. The molecule has 4 nitrogen and oxygen atoms in total. The molecule has 5 heteroatoms. The number of carbonyl (C=O) groups excluding carboxylic acids is 1. The molecule has 0 atom stereocenters. The van der Waals surface area contributed by atoms with Crippen LogP contribution in [-0.2, 0) is 11.3 Å². The van der Waals surface area contributed by atoms with Crippen molar-refractivity contribution in [3.8, 4) is 0 Å². The van der Waals surface area contributed by atoms with Crippen molar-refractivity contribution in [1.29, 1.82) is 0 Å². The van der Waals surface area contributed by atoms with Crippen LogP contribution in [0, 0.1) is 0 Å². The first-order valence-corrected chi connectivity index (χ1v) is 4.79. The van der Waals surface area contributed by atoms with Crippen LogP contribution in [0.5, 0.6) is 0 Å². The monoisotopic (exact) mass is 195 g/mol. The number of nitrogens with one attached hydrogen (secondary N) is 1. The maximum absolute atomic E-state index is 10.6. The lowest BCUT2D eigenvalue weighted by Crippen LogP contribution is -2.18. The van der Waals surface area contributed by atoms with Crippen molar-refractivity contribution in [3.63, 3.8) is 0 Å². The van der Waals surface area contributed by atoms with Gasteiger partial charge in [-0.05, 0) is 0 Å². The van der Waals surface area contributed by atoms with Crippen molar-refractivity contribution in [2.45, 2.75) is 13.5 Å². The van der Waals surface area contributed by atoms with Crippen LogP contribution in [0.15, 0.2) is 17.8 Å². The number of thiazole rings is 1. The van der Waals surface area contributed by atoms with E-state index in [-0.39, 0.29) is 5.91 Å². The number of fused-ring (bicyclic) bond motifs is 1. The Morgan fingerprint density at radius 3 is 3.31 bits per heavy atom. The van der Waals surface area contributed by atoms with E-state index in [1.165, 1.54) is 6.92 Å². The first kappa shape index (κ1) is 8.25. The molecule has 2 heterocycles. The average molecular weight is 195 g/mol. The van der Waals surface area contributed by atoms with Crippen LogP contribution in [0.3, 0.4) is 0 Å². The number of rotatable bonds is 2. The number of carbonyl (C=O) groups is 1. The molecule has 0 saturated heterocycles. The standard InChI is InChI=1S/C8H9N3OS/c1-6(12)9-4-7-5-11-2-3-13-8(11)10-7/h2-3,5H,4H2,1H3,(H,9,12). The summed E-state index contributed by atoms with van der Waals surface area (Å²) in [6.07, 6.45) is 3.87. The molecule has 0 fully saturated rings.